The molecule has 8 nitrogen and oxygen atoms in total. The molecule has 9 heteroatoms. The Labute approximate surface area is 206 Å². The molecule has 3 rings (SSSR count). The Kier molecular flexibility index (Phi) is 9.42. The minimum Gasteiger partial charge on any atom is -0.489 e. The number of nitrogens with zero attached hydrogens (tertiary/aromatic N) is 2. The van der Waals surface area contributed by atoms with Crippen molar-refractivity contribution in [2.24, 2.45) is 11.6 Å². The second-order valence-electron chi connectivity index (χ2n) is 8.47. The second-order valence-corrected chi connectivity index (χ2v) is 8.88. The number of aromatic nitrogens is 1. The maximum Gasteiger partial charge on any atom is 0.407 e. The molecule has 5 N–H and O–H groups in total. The van der Waals surface area contributed by atoms with Gasteiger partial charge in [0.15, 0.2) is 0 Å². The third kappa shape index (κ3) is 7.27. The van der Waals surface area contributed by atoms with Crippen LogP contribution < -0.4 is 21.6 Å². The molecule has 1 fully saturated rings. The molecule has 0 atom stereocenters. The van der Waals surface area contributed by atoms with Gasteiger partial charge in [0.25, 0.3) is 0 Å². The van der Waals surface area contributed by atoms with Crippen LogP contribution >= 0.6 is 11.6 Å². The van der Waals surface area contributed by atoms with E-state index >= 15 is 0 Å². The number of pyridine rings is 1. The lowest BCUT2D eigenvalue weighted by Crippen LogP contribution is -2.32. The van der Waals surface area contributed by atoms with E-state index in [1.807, 2.05) is 31.2 Å². The number of alkyl carbamates (subject to hydrolysis) is 1. The Morgan fingerprint density at radius 3 is 2.62 bits per heavy atom. The number of nitrogens with two attached hydrogens (primary N) is 2. The highest BCUT2D eigenvalue weighted by atomic mass is 35.5. The summed E-state index contributed by atoms with van der Waals surface area (Å²) in [6.45, 7) is 2.30. The molecule has 0 bridgehead atoms. The first-order valence-corrected chi connectivity index (χ1v) is 12.0. The fourth-order valence-electron chi connectivity index (χ4n) is 3.93. The van der Waals surface area contributed by atoms with E-state index in [9.17, 15) is 4.79 Å². The lowest BCUT2D eigenvalue weighted by molar-refractivity contribution is 0.139. The van der Waals surface area contributed by atoms with Gasteiger partial charge in [0.1, 0.15) is 12.4 Å². The van der Waals surface area contributed by atoms with Crippen molar-refractivity contribution in [1.29, 1.82) is 0 Å². The molecule has 0 saturated heterocycles. The molecule has 2 aromatic rings. The predicted octanol–water partition coefficient (Wildman–Crippen LogP) is 4.50. The van der Waals surface area contributed by atoms with Crippen molar-refractivity contribution in [1.82, 2.24) is 15.3 Å². The molecule has 1 amide bonds. The largest absolute Gasteiger partial charge is 0.489 e. The van der Waals surface area contributed by atoms with Gasteiger partial charge in [-0.25, -0.2) is 15.6 Å². The molecule has 0 aliphatic heterocycles. The average Bonchev–Trinajstić information content (AvgIpc) is 2.82. The Morgan fingerprint density at radius 2 is 1.94 bits per heavy atom. The van der Waals surface area contributed by atoms with Gasteiger partial charge in [0.05, 0.1) is 28.9 Å². The summed E-state index contributed by atoms with van der Waals surface area (Å²) in [5, 5.41) is 4.71. The fourth-order valence-corrected chi connectivity index (χ4v) is 4.12. The SMILES string of the molecule is Cc1nc(/C(N)=C(\CCNC(=O)OCc2ccccc2Cl)N(C)N)ccc1OC1CCCCC1. The smallest absolute Gasteiger partial charge is 0.407 e. The van der Waals surface area contributed by atoms with Gasteiger partial charge in [-0.2, -0.15) is 0 Å². The predicted molar refractivity (Wildman–Crippen MR) is 134 cm³/mol. The van der Waals surface area contributed by atoms with Gasteiger partial charge in [-0.3, -0.25) is 0 Å². The quantitative estimate of drug-likeness (QED) is 0.352. The van der Waals surface area contributed by atoms with Gasteiger partial charge in [-0.05, 0) is 50.8 Å². The third-order valence-corrected chi connectivity index (χ3v) is 6.21. The molecule has 0 radical (unpaired) electrons. The van der Waals surface area contributed by atoms with Crippen LogP contribution in [0.1, 0.15) is 55.5 Å². The fraction of sp³-hybridized carbons (Fsp3) is 0.440. The molecule has 1 heterocycles. The van der Waals surface area contributed by atoms with Crippen molar-refractivity contribution in [3.8, 4) is 5.75 Å². The topological polar surface area (TPSA) is 116 Å². The lowest BCUT2D eigenvalue weighted by atomic mass is 9.98. The van der Waals surface area contributed by atoms with Crippen LogP contribution in [-0.4, -0.2) is 35.8 Å². The Morgan fingerprint density at radius 1 is 1.21 bits per heavy atom. The summed E-state index contributed by atoms with van der Waals surface area (Å²) >= 11 is 6.09. The Hall–Kier alpha value is -2.97. The standard InChI is InChI=1S/C25H34ClN5O3/c1-17-23(34-19-9-4-3-5-10-19)13-12-21(30-17)24(27)22(31(2)28)14-15-29-25(32)33-16-18-8-6-7-11-20(18)26/h6-8,11-13,19H,3-5,9-10,14-16,27-28H2,1-2H3,(H,29,32)/b24-22-. The minimum absolute atomic E-state index is 0.0889. The number of hydrazine groups is 1. The van der Waals surface area contributed by atoms with E-state index in [4.69, 9.17) is 32.7 Å². The van der Waals surface area contributed by atoms with E-state index in [1.54, 1.807) is 19.2 Å². The number of amides is 1. The van der Waals surface area contributed by atoms with Crippen molar-refractivity contribution in [2.75, 3.05) is 13.6 Å². The number of nitrogens with one attached hydrogen (secondary N) is 1. The number of halogens is 1. The zero-order valence-corrected chi connectivity index (χ0v) is 20.6. The number of hydrogen-bond donors (Lipinski definition) is 3. The maximum absolute atomic E-state index is 12.1. The van der Waals surface area contributed by atoms with Crippen LogP contribution in [0, 0.1) is 6.92 Å². The third-order valence-electron chi connectivity index (χ3n) is 5.84. The molecule has 1 aliphatic rings. The van der Waals surface area contributed by atoms with Gasteiger partial charge in [0, 0.05) is 30.6 Å². The Balaban J connectivity index is 1.57. The first-order valence-electron chi connectivity index (χ1n) is 11.6. The van der Waals surface area contributed by atoms with Crippen LogP contribution in [0.25, 0.3) is 5.70 Å². The summed E-state index contributed by atoms with van der Waals surface area (Å²) in [5.74, 6) is 6.81. The number of rotatable bonds is 9. The molecule has 0 unspecified atom stereocenters. The van der Waals surface area contributed by atoms with Crippen molar-refractivity contribution in [2.45, 2.75) is 58.2 Å². The highest BCUT2D eigenvalue weighted by Crippen LogP contribution is 2.26. The number of benzene rings is 1. The molecule has 0 spiro atoms. The van der Waals surface area contributed by atoms with E-state index in [2.05, 4.69) is 10.3 Å². The van der Waals surface area contributed by atoms with Gasteiger partial charge in [0.2, 0.25) is 0 Å². The summed E-state index contributed by atoms with van der Waals surface area (Å²) < 4.78 is 11.4. The van der Waals surface area contributed by atoms with E-state index in [0.29, 0.717) is 35.1 Å². The number of ether oxygens (including phenoxy) is 2. The summed E-state index contributed by atoms with van der Waals surface area (Å²) in [6, 6.07) is 11.0. The number of aryl methyl sites for hydroxylation is 1. The van der Waals surface area contributed by atoms with Crippen LogP contribution in [0.5, 0.6) is 5.75 Å². The number of carbonyl (C=O) groups excluding carboxylic acids is 1. The second kappa shape index (κ2) is 12.5. The molecule has 34 heavy (non-hydrogen) atoms. The van der Waals surface area contributed by atoms with Crippen molar-refractivity contribution in [3.63, 3.8) is 0 Å². The maximum atomic E-state index is 12.1. The summed E-state index contributed by atoms with van der Waals surface area (Å²) in [4.78, 5) is 16.7. The zero-order valence-electron chi connectivity index (χ0n) is 19.9. The number of hydrogen-bond acceptors (Lipinski definition) is 7. The van der Waals surface area contributed by atoms with Crippen LogP contribution in [0.4, 0.5) is 4.79 Å². The highest BCUT2D eigenvalue weighted by molar-refractivity contribution is 6.31. The molecular formula is C25H34ClN5O3. The summed E-state index contributed by atoms with van der Waals surface area (Å²) in [5.41, 5.74) is 9.64. The Bertz CT molecular complexity index is 1010. The van der Waals surface area contributed by atoms with E-state index < -0.39 is 6.09 Å². The molecule has 1 aromatic heterocycles. The number of carbonyl (C=O) groups is 1. The summed E-state index contributed by atoms with van der Waals surface area (Å²) in [7, 11) is 1.70. The van der Waals surface area contributed by atoms with Crippen molar-refractivity contribution < 1.29 is 14.3 Å². The van der Waals surface area contributed by atoms with Crippen LogP contribution in [0.15, 0.2) is 42.1 Å². The van der Waals surface area contributed by atoms with Crippen LogP contribution in [0.2, 0.25) is 5.02 Å². The molecule has 1 saturated carbocycles. The molecule has 184 valence electrons. The first kappa shape index (κ1) is 25.6. The zero-order chi connectivity index (χ0) is 24.5. The van der Waals surface area contributed by atoms with Crippen LogP contribution in [-0.2, 0) is 11.3 Å². The molecular weight excluding hydrogens is 454 g/mol. The van der Waals surface area contributed by atoms with Crippen molar-refractivity contribution in [3.05, 3.63) is 64.1 Å². The molecule has 1 aliphatic carbocycles. The van der Waals surface area contributed by atoms with E-state index in [0.717, 1.165) is 29.8 Å². The van der Waals surface area contributed by atoms with Gasteiger partial charge in [-0.1, -0.05) is 36.2 Å². The van der Waals surface area contributed by atoms with Crippen molar-refractivity contribution >= 4 is 23.4 Å². The highest BCUT2D eigenvalue weighted by Gasteiger charge is 2.17. The van der Waals surface area contributed by atoms with Gasteiger partial charge >= 0.3 is 6.09 Å². The average molecular weight is 488 g/mol. The summed E-state index contributed by atoms with van der Waals surface area (Å²) in [6.07, 6.45) is 5.97. The molecule has 1 aromatic carbocycles. The monoisotopic (exact) mass is 487 g/mol. The van der Waals surface area contributed by atoms with E-state index in [1.165, 1.54) is 24.3 Å². The lowest BCUT2D eigenvalue weighted by Gasteiger charge is -2.24. The minimum atomic E-state index is -0.546. The van der Waals surface area contributed by atoms with Crippen LogP contribution in [0.3, 0.4) is 0 Å². The normalized spacial score (nSPS) is 14.8. The van der Waals surface area contributed by atoms with Gasteiger partial charge < -0.3 is 25.5 Å². The first-order chi connectivity index (χ1) is 16.3. The van der Waals surface area contributed by atoms with Gasteiger partial charge in [-0.15, -0.1) is 0 Å². The van der Waals surface area contributed by atoms with E-state index in [-0.39, 0.29) is 12.7 Å².